The maximum atomic E-state index is 10.9. The highest BCUT2D eigenvalue weighted by atomic mass is 16.4. The van der Waals surface area contributed by atoms with Crippen LogP contribution in [0.5, 0.6) is 0 Å². The Hall–Kier alpha value is -1.36. The first kappa shape index (κ1) is 9.73. The number of carbonyl (C=O) groups excluding carboxylic acids is 1. The lowest BCUT2D eigenvalue weighted by Crippen LogP contribution is -2.52. The monoisotopic (exact) mass is 184 g/mol. The second-order valence-corrected chi connectivity index (χ2v) is 2.78. The van der Waals surface area contributed by atoms with Crippen molar-refractivity contribution in [2.45, 2.75) is 12.5 Å². The molecular weight excluding hydrogens is 172 g/mol. The van der Waals surface area contributed by atoms with Gasteiger partial charge in [0.2, 0.25) is 5.91 Å². The molecule has 13 heavy (non-hydrogen) atoms. The Morgan fingerprint density at radius 2 is 2.46 bits per heavy atom. The Morgan fingerprint density at radius 3 is 2.77 bits per heavy atom. The molecule has 1 aliphatic heterocycles. The molecule has 1 atom stereocenters. The number of carboxylic acid groups (broad SMARTS) is 1. The van der Waals surface area contributed by atoms with Gasteiger partial charge in [-0.05, 0) is 0 Å². The number of hydrogen-bond acceptors (Lipinski definition) is 3. The summed E-state index contributed by atoms with van der Waals surface area (Å²) in [4.78, 5) is 23.0. The lowest BCUT2D eigenvalue weighted by Gasteiger charge is -2.34. The maximum Gasteiger partial charge on any atom is 0.330 e. The Balaban J connectivity index is 2.62. The lowest BCUT2D eigenvalue weighted by atomic mass is 10.1. The fourth-order valence-corrected chi connectivity index (χ4v) is 1.15. The topological polar surface area (TPSA) is 83.6 Å². The van der Waals surface area contributed by atoms with Crippen molar-refractivity contribution >= 4 is 11.9 Å². The fourth-order valence-electron chi connectivity index (χ4n) is 1.15. The molecule has 0 aromatic carbocycles. The van der Waals surface area contributed by atoms with Crippen LogP contribution in [0.25, 0.3) is 0 Å². The van der Waals surface area contributed by atoms with Gasteiger partial charge in [-0.3, -0.25) is 4.79 Å². The highest BCUT2D eigenvalue weighted by molar-refractivity contribution is 5.88. The minimum atomic E-state index is -1.02. The van der Waals surface area contributed by atoms with E-state index in [0.29, 0.717) is 13.0 Å². The zero-order chi connectivity index (χ0) is 9.84. The third kappa shape index (κ3) is 2.06. The molecule has 5 heteroatoms. The van der Waals surface area contributed by atoms with Crippen LogP contribution in [0.1, 0.15) is 6.42 Å². The molecule has 1 fully saturated rings. The normalized spacial score (nSPS) is 18.8. The molecule has 1 aliphatic rings. The summed E-state index contributed by atoms with van der Waals surface area (Å²) >= 11 is 0. The predicted octanol–water partition coefficient (Wildman–Crippen LogP) is -0.813. The third-order valence-corrected chi connectivity index (χ3v) is 1.93. The molecule has 0 aromatic rings. The molecule has 0 spiro atoms. The maximum absolute atomic E-state index is 10.9. The van der Waals surface area contributed by atoms with Crippen molar-refractivity contribution in [3.63, 3.8) is 0 Å². The van der Waals surface area contributed by atoms with E-state index in [1.165, 1.54) is 11.0 Å². The summed E-state index contributed by atoms with van der Waals surface area (Å²) in [6.45, 7) is 0.802. The number of nitrogens with zero attached hydrogens (tertiary/aromatic N) is 1. The van der Waals surface area contributed by atoms with Gasteiger partial charge in [0, 0.05) is 19.5 Å². The minimum absolute atomic E-state index is 0.117. The van der Waals surface area contributed by atoms with Crippen molar-refractivity contribution in [3.8, 4) is 0 Å². The molecule has 0 unspecified atom stereocenters. The van der Waals surface area contributed by atoms with Gasteiger partial charge in [-0.1, -0.05) is 12.2 Å². The molecule has 0 aliphatic carbocycles. The van der Waals surface area contributed by atoms with Crippen LogP contribution in [0.2, 0.25) is 0 Å². The van der Waals surface area contributed by atoms with Crippen LogP contribution in [-0.2, 0) is 9.59 Å². The van der Waals surface area contributed by atoms with Gasteiger partial charge in [0.15, 0.2) is 0 Å². The van der Waals surface area contributed by atoms with Gasteiger partial charge in [0.1, 0.15) is 6.04 Å². The van der Waals surface area contributed by atoms with Crippen LogP contribution in [0.3, 0.4) is 0 Å². The standard InChI is InChI=1S/C8H12N2O3/c9-4-1-2-6(8(12)13)10-5-3-7(10)11/h1-2,6H,3-5,9H2,(H,12,13)/t6-/m0/s1. The molecule has 3 N–H and O–H groups in total. The first-order valence-electron chi connectivity index (χ1n) is 4.06. The number of nitrogens with two attached hydrogens (primary N) is 1. The second kappa shape index (κ2) is 4.04. The zero-order valence-electron chi connectivity index (χ0n) is 7.14. The quantitative estimate of drug-likeness (QED) is 0.442. The van der Waals surface area contributed by atoms with Crippen molar-refractivity contribution in [1.82, 2.24) is 4.90 Å². The Labute approximate surface area is 75.8 Å². The van der Waals surface area contributed by atoms with Gasteiger partial charge < -0.3 is 15.7 Å². The summed E-state index contributed by atoms with van der Waals surface area (Å²) in [7, 11) is 0. The number of rotatable bonds is 4. The number of carboxylic acids is 1. The molecule has 0 bridgehead atoms. The first-order chi connectivity index (χ1) is 6.16. The van der Waals surface area contributed by atoms with Crippen molar-refractivity contribution in [1.29, 1.82) is 0 Å². The van der Waals surface area contributed by atoms with Crippen LogP contribution in [0.4, 0.5) is 0 Å². The van der Waals surface area contributed by atoms with Gasteiger partial charge in [0.25, 0.3) is 0 Å². The van der Waals surface area contributed by atoms with Gasteiger partial charge >= 0.3 is 5.97 Å². The van der Waals surface area contributed by atoms with Gasteiger partial charge in [-0.25, -0.2) is 4.79 Å². The van der Waals surface area contributed by atoms with E-state index in [4.69, 9.17) is 10.8 Å². The average molecular weight is 184 g/mol. The van der Waals surface area contributed by atoms with E-state index in [2.05, 4.69) is 0 Å². The van der Waals surface area contributed by atoms with Crippen molar-refractivity contribution in [2.75, 3.05) is 13.1 Å². The third-order valence-electron chi connectivity index (χ3n) is 1.93. The average Bonchev–Trinajstić information content (AvgIpc) is 2.08. The van der Waals surface area contributed by atoms with Crippen LogP contribution in [0.15, 0.2) is 12.2 Å². The van der Waals surface area contributed by atoms with E-state index >= 15 is 0 Å². The summed E-state index contributed by atoms with van der Waals surface area (Å²) < 4.78 is 0. The largest absolute Gasteiger partial charge is 0.479 e. The van der Waals surface area contributed by atoms with E-state index in [-0.39, 0.29) is 12.5 Å². The van der Waals surface area contributed by atoms with E-state index in [0.717, 1.165) is 0 Å². The number of likely N-dealkylation sites (tertiary alicyclic amines) is 1. The molecular formula is C8H12N2O3. The summed E-state index contributed by atoms with van der Waals surface area (Å²) in [5.74, 6) is -1.13. The summed E-state index contributed by atoms with van der Waals surface area (Å²) in [5, 5.41) is 8.77. The summed E-state index contributed by atoms with van der Waals surface area (Å²) in [6.07, 6.45) is 3.43. The van der Waals surface area contributed by atoms with Crippen LogP contribution >= 0.6 is 0 Å². The summed E-state index contributed by atoms with van der Waals surface area (Å²) in [5.41, 5.74) is 5.19. The van der Waals surface area contributed by atoms with Gasteiger partial charge in [-0.15, -0.1) is 0 Å². The van der Waals surface area contributed by atoms with Crippen molar-refractivity contribution in [2.24, 2.45) is 5.73 Å². The highest BCUT2D eigenvalue weighted by Crippen LogP contribution is 2.14. The Morgan fingerprint density at radius 1 is 1.77 bits per heavy atom. The number of carbonyl (C=O) groups is 2. The highest BCUT2D eigenvalue weighted by Gasteiger charge is 2.33. The smallest absolute Gasteiger partial charge is 0.330 e. The van der Waals surface area contributed by atoms with Crippen molar-refractivity contribution in [3.05, 3.63) is 12.2 Å². The van der Waals surface area contributed by atoms with Crippen LogP contribution in [0, 0.1) is 0 Å². The number of aliphatic carboxylic acids is 1. The van der Waals surface area contributed by atoms with E-state index < -0.39 is 12.0 Å². The molecule has 0 aromatic heterocycles. The summed E-state index contributed by atoms with van der Waals surface area (Å²) in [6, 6.07) is -0.843. The van der Waals surface area contributed by atoms with Crippen LogP contribution < -0.4 is 5.73 Å². The second-order valence-electron chi connectivity index (χ2n) is 2.78. The van der Waals surface area contributed by atoms with E-state index in [1.54, 1.807) is 6.08 Å². The first-order valence-corrected chi connectivity index (χ1v) is 4.06. The Bertz CT molecular complexity index is 250. The molecule has 72 valence electrons. The van der Waals surface area contributed by atoms with Crippen LogP contribution in [-0.4, -0.2) is 41.0 Å². The Kier molecular flexibility index (Phi) is 3.02. The fraction of sp³-hybridized carbons (Fsp3) is 0.500. The predicted molar refractivity (Wildman–Crippen MR) is 45.9 cm³/mol. The molecule has 0 saturated carbocycles. The van der Waals surface area contributed by atoms with Gasteiger partial charge in [-0.2, -0.15) is 0 Å². The molecule has 1 heterocycles. The van der Waals surface area contributed by atoms with Gasteiger partial charge in [0.05, 0.1) is 0 Å². The minimum Gasteiger partial charge on any atom is -0.479 e. The molecule has 0 radical (unpaired) electrons. The van der Waals surface area contributed by atoms with Crippen molar-refractivity contribution < 1.29 is 14.7 Å². The van der Waals surface area contributed by atoms with E-state index in [1.807, 2.05) is 0 Å². The number of β-lactam (4-membered cyclic amide) rings is 1. The number of amides is 1. The van der Waals surface area contributed by atoms with E-state index in [9.17, 15) is 9.59 Å². The molecule has 1 amide bonds. The zero-order valence-corrected chi connectivity index (χ0v) is 7.14. The SMILES string of the molecule is NCC=C[C@@H](C(=O)O)N1CCC1=O. The molecule has 1 rings (SSSR count). The number of hydrogen-bond donors (Lipinski definition) is 2. The lowest BCUT2D eigenvalue weighted by molar-refractivity contribution is -0.153. The molecule has 5 nitrogen and oxygen atoms in total. The molecule has 1 saturated heterocycles.